The van der Waals surface area contributed by atoms with Crippen LogP contribution in [-0.4, -0.2) is 35.6 Å². The molecule has 1 amide bonds. The summed E-state index contributed by atoms with van der Waals surface area (Å²) in [6.45, 7) is 0. The first-order chi connectivity index (χ1) is 11.4. The van der Waals surface area contributed by atoms with Crippen LogP contribution in [0.2, 0.25) is 0 Å². The number of sulfonamides is 1. The second kappa shape index (κ2) is 7.33. The van der Waals surface area contributed by atoms with Gasteiger partial charge in [-0.1, -0.05) is 6.07 Å². The van der Waals surface area contributed by atoms with Crippen LogP contribution in [0.3, 0.4) is 0 Å². The summed E-state index contributed by atoms with van der Waals surface area (Å²) in [5, 5.41) is 2.69. The van der Waals surface area contributed by atoms with Crippen molar-refractivity contribution in [3.63, 3.8) is 0 Å². The molecule has 2 rings (SSSR count). The largest absolute Gasteiger partial charge is 0.493 e. The highest BCUT2D eigenvalue weighted by Crippen LogP contribution is 2.29. The van der Waals surface area contributed by atoms with Crippen molar-refractivity contribution in [2.75, 3.05) is 26.6 Å². The molecule has 0 fully saturated rings. The topological polar surface area (TPSA) is 93.7 Å². The van der Waals surface area contributed by atoms with Crippen LogP contribution in [0.25, 0.3) is 0 Å². The van der Waals surface area contributed by atoms with Crippen molar-refractivity contribution in [1.29, 1.82) is 0 Å². The van der Waals surface area contributed by atoms with Gasteiger partial charge in [-0.25, -0.2) is 13.1 Å². The molecule has 0 spiro atoms. The molecule has 0 aliphatic carbocycles. The molecular formula is C16H18N2O5S. The van der Waals surface area contributed by atoms with Crippen molar-refractivity contribution < 1.29 is 22.7 Å². The van der Waals surface area contributed by atoms with Gasteiger partial charge in [-0.05, 0) is 37.4 Å². The fraction of sp³-hybridized carbons (Fsp3) is 0.188. The van der Waals surface area contributed by atoms with E-state index >= 15 is 0 Å². The van der Waals surface area contributed by atoms with E-state index in [0.29, 0.717) is 17.2 Å². The number of methoxy groups -OCH3 is 2. The predicted molar refractivity (Wildman–Crippen MR) is 90.2 cm³/mol. The SMILES string of the molecule is CNS(=O)(=O)c1cccc(C(=O)Nc2ccc(OC)c(OC)c2)c1. The Morgan fingerprint density at radius 1 is 1.00 bits per heavy atom. The van der Waals surface area contributed by atoms with E-state index in [1.54, 1.807) is 18.2 Å². The average molecular weight is 350 g/mol. The molecule has 0 saturated carbocycles. The minimum atomic E-state index is -3.61. The van der Waals surface area contributed by atoms with E-state index in [1.807, 2.05) is 0 Å². The molecule has 128 valence electrons. The molecule has 2 N–H and O–H groups in total. The van der Waals surface area contributed by atoms with Crippen LogP contribution in [0.1, 0.15) is 10.4 Å². The number of nitrogens with one attached hydrogen (secondary N) is 2. The van der Waals surface area contributed by atoms with Crippen molar-refractivity contribution in [3.8, 4) is 11.5 Å². The monoisotopic (exact) mass is 350 g/mol. The molecule has 8 heteroatoms. The molecule has 0 unspecified atom stereocenters. The van der Waals surface area contributed by atoms with Gasteiger partial charge in [0.2, 0.25) is 10.0 Å². The minimum absolute atomic E-state index is 0.0185. The Morgan fingerprint density at radius 2 is 1.71 bits per heavy atom. The number of hydrogen-bond acceptors (Lipinski definition) is 5. The van der Waals surface area contributed by atoms with Crippen LogP contribution in [-0.2, 0) is 10.0 Å². The van der Waals surface area contributed by atoms with Gasteiger partial charge < -0.3 is 14.8 Å². The average Bonchev–Trinajstić information content (AvgIpc) is 2.61. The highest BCUT2D eigenvalue weighted by Gasteiger charge is 2.15. The summed E-state index contributed by atoms with van der Waals surface area (Å²) in [6, 6.07) is 10.7. The summed E-state index contributed by atoms with van der Waals surface area (Å²) in [4.78, 5) is 12.4. The molecule has 7 nitrogen and oxygen atoms in total. The fourth-order valence-electron chi connectivity index (χ4n) is 2.04. The number of carbonyl (C=O) groups is 1. The highest BCUT2D eigenvalue weighted by molar-refractivity contribution is 7.89. The van der Waals surface area contributed by atoms with Gasteiger partial charge in [0, 0.05) is 17.3 Å². The number of rotatable bonds is 6. The van der Waals surface area contributed by atoms with Gasteiger partial charge in [-0.15, -0.1) is 0 Å². The summed E-state index contributed by atoms with van der Waals surface area (Å²) in [5.41, 5.74) is 0.723. The summed E-state index contributed by atoms with van der Waals surface area (Å²) in [6.07, 6.45) is 0. The number of amides is 1. The van der Waals surface area contributed by atoms with Gasteiger partial charge in [-0.3, -0.25) is 4.79 Å². The normalized spacial score (nSPS) is 11.0. The van der Waals surface area contributed by atoms with E-state index in [9.17, 15) is 13.2 Å². The Kier molecular flexibility index (Phi) is 5.42. The lowest BCUT2D eigenvalue weighted by Crippen LogP contribution is -2.19. The van der Waals surface area contributed by atoms with Gasteiger partial charge in [0.15, 0.2) is 11.5 Å². The fourth-order valence-corrected chi connectivity index (χ4v) is 2.82. The zero-order chi connectivity index (χ0) is 17.7. The number of anilines is 1. The second-order valence-corrected chi connectivity index (χ2v) is 6.65. The van der Waals surface area contributed by atoms with Crippen LogP contribution in [0.15, 0.2) is 47.4 Å². The van der Waals surface area contributed by atoms with Gasteiger partial charge in [0.05, 0.1) is 19.1 Å². The zero-order valence-corrected chi connectivity index (χ0v) is 14.3. The molecule has 2 aromatic rings. The molecule has 0 atom stereocenters. The number of carbonyl (C=O) groups excluding carboxylic acids is 1. The van der Waals surface area contributed by atoms with Crippen LogP contribution >= 0.6 is 0 Å². The van der Waals surface area contributed by atoms with Crippen LogP contribution in [0, 0.1) is 0 Å². The van der Waals surface area contributed by atoms with E-state index in [4.69, 9.17) is 9.47 Å². The molecule has 0 bridgehead atoms. The summed E-state index contributed by atoms with van der Waals surface area (Å²) < 4.78 is 36.2. The molecule has 0 saturated heterocycles. The van der Waals surface area contributed by atoms with Crippen molar-refractivity contribution in [2.45, 2.75) is 4.90 Å². The van der Waals surface area contributed by atoms with Gasteiger partial charge >= 0.3 is 0 Å². The van der Waals surface area contributed by atoms with Crippen molar-refractivity contribution in [2.24, 2.45) is 0 Å². The summed E-state index contributed by atoms with van der Waals surface area (Å²) in [7, 11) is 0.711. The van der Waals surface area contributed by atoms with E-state index in [1.165, 1.54) is 45.5 Å². The predicted octanol–water partition coefficient (Wildman–Crippen LogP) is 1.86. The van der Waals surface area contributed by atoms with Crippen LogP contribution < -0.4 is 19.5 Å². The lowest BCUT2D eigenvalue weighted by Gasteiger charge is -2.11. The third-order valence-electron chi connectivity index (χ3n) is 3.32. The first kappa shape index (κ1) is 17.8. The Bertz CT molecular complexity index is 849. The maximum atomic E-state index is 12.3. The molecule has 0 radical (unpaired) electrons. The second-order valence-electron chi connectivity index (χ2n) is 4.76. The van der Waals surface area contributed by atoms with Gasteiger partial charge in [0.1, 0.15) is 0 Å². The molecule has 24 heavy (non-hydrogen) atoms. The van der Waals surface area contributed by atoms with Gasteiger partial charge in [0.25, 0.3) is 5.91 Å². The van der Waals surface area contributed by atoms with Gasteiger partial charge in [-0.2, -0.15) is 0 Å². The van der Waals surface area contributed by atoms with Crippen molar-refractivity contribution >= 4 is 21.6 Å². The maximum Gasteiger partial charge on any atom is 0.255 e. The minimum Gasteiger partial charge on any atom is -0.493 e. The van der Waals surface area contributed by atoms with E-state index in [0.717, 1.165) is 0 Å². The smallest absolute Gasteiger partial charge is 0.255 e. The molecule has 0 aliphatic rings. The van der Waals surface area contributed by atoms with Crippen molar-refractivity contribution in [3.05, 3.63) is 48.0 Å². The summed E-state index contributed by atoms with van der Waals surface area (Å²) in [5.74, 6) is 0.579. The number of ether oxygens (including phenoxy) is 2. The third kappa shape index (κ3) is 3.84. The van der Waals surface area contributed by atoms with E-state index in [-0.39, 0.29) is 10.5 Å². The lowest BCUT2D eigenvalue weighted by molar-refractivity contribution is 0.102. The highest BCUT2D eigenvalue weighted by atomic mass is 32.2. The lowest BCUT2D eigenvalue weighted by atomic mass is 10.2. The Morgan fingerprint density at radius 3 is 2.33 bits per heavy atom. The Balaban J connectivity index is 2.26. The Labute approximate surface area is 140 Å². The first-order valence-corrected chi connectivity index (χ1v) is 8.46. The molecule has 0 aliphatic heterocycles. The standard InChI is InChI=1S/C16H18N2O5S/c1-17-24(20,21)13-6-4-5-11(9-13)16(19)18-12-7-8-14(22-2)15(10-12)23-3/h4-10,17H,1-3H3,(H,18,19). The van der Waals surface area contributed by atoms with Crippen LogP contribution in [0.5, 0.6) is 11.5 Å². The number of benzene rings is 2. The molecule has 0 aromatic heterocycles. The van der Waals surface area contributed by atoms with Crippen molar-refractivity contribution in [1.82, 2.24) is 4.72 Å². The Hall–Kier alpha value is -2.58. The first-order valence-electron chi connectivity index (χ1n) is 6.98. The number of hydrogen-bond donors (Lipinski definition) is 2. The van der Waals surface area contributed by atoms with Crippen LogP contribution in [0.4, 0.5) is 5.69 Å². The third-order valence-corrected chi connectivity index (χ3v) is 4.73. The quantitative estimate of drug-likeness (QED) is 0.829. The molecule has 2 aromatic carbocycles. The molecular weight excluding hydrogens is 332 g/mol. The molecule has 0 heterocycles. The zero-order valence-electron chi connectivity index (χ0n) is 13.5. The van der Waals surface area contributed by atoms with E-state index < -0.39 is 15.9 Å². The van der Waals surface area contributed by atoms with E-state index in [2.05, 4.69) is 10.0 Å². The maximum absolute atomic E-state index is 12.3. The summed E-state index contributed by atoms with van der Waals surface area (Å²) >= 11 is 0.